The van der Waals surface area contributed by atoms with Gasteiger partial charge in [0.1, 0.15) is 24.9 Å². The molecule has 0 saturated heterocycles. The maximum absolute atomic E-state index is 13.7. The fraction of sp³-hybridized carbons (Fsp3) is 0.172. The Morgan fingerprint density at radius 2 is 1.89 bits per heavy atom. The molecule has 8 heteroatoms. The van der Waals surface area contributed by atoms with Gasteiger partial charge in [-0.25, -0.2) is 9.07 Å². The van der Waals surface area contributed by atoms with Crippen molar-refractivity contribution in [2.45, 2.75) is 12.6 Å². The Bertz CT molecular complexity index is 1490. The van der Waals surface area contributed by atoms with Crippen LogP contribution in [0.5, 0.6) is 0 Å². The summed E-state index contributed by atoms with van der Waals surface area (Å²) in [4.78, 5) is 16.6. The summed E-state index contributed by atoms with van der Waals surface area (Å²) < 4.78 is 22.5. The zero-order chi connectivity index (χ0) is 25.8. The number of nitrogens with one attached hydrogen (secondary N) is 1. The molecule has 0 radical (unpaired) electrons. The van der Waals surface area contributed by atoms with Crippen molar-refractivity contribution in [2.75, 3.05) is 20.2 Å². The quantitative estimate of drug-likeness (QED) is 0.160. The SMILES string of the molecule is CN(CCc1ccc2[nH]ccc2c1)C(OCC=O)c1cn(-c2ccc(Br)cc2)nc1-c1ccc(F)cc1. The molecule has 1 N–H and O–H groups in total. The average Bonchev–Trinajstić information content (AvgIpc) is 3.56. The number of aldehydes is 1. The summed E-state index contributed by atoms with van der Waals surface area (Å²) in [6.07, 6.45) is 4.86. The van der Waals surface area contributed by atoms with Crippen LogP contribution < -0.4 is 0 Å². The van der Waals surface area contributed by atoms with Crippen LogP contribution in [-0.2, 0) is 16.0 Å². The number of aromatic amines is 1. The minimum Gasteiger partial charge on any atom is -0.361 e. The monoisotopic (exact) mass is 560 g/mol. The van der Waals surface area contributed by atoms with E-state index in [2.05, 4.69) is 50.1 Å². The van der Waals surface area contributed by atoms with Crippen molar-refractivity contribution in [3.05, 3.63) is 107 Å². The van der Waals surface area contributed by atoms with Gasteiger partial charge in [-0.1, -0.05) is 22.0 Å². The van der Waals surface area contributed by atoms with Crippen molar-refractivity contribution in [1.82, 2.24) is 19.7 Å². The van der Waals surface area contributed by atoms with E-state index in [1.807, 2.05) is 43.7 Å². The zero-order valence-corrected chi connectivity index (χ0v) is 21.9. The molecule has 3 aromatic carbocycles. The van der Waals surface area contributed by atoms with Gasteiger partial charge < -0.3 is 14.5 Å². The van der Waals surface area contributed by atoms with Gasteiger partial charge in [-0.2, -0.15) is 5.10 Å². The summed E-state index contributed by atoms with van der Waals surface area (Å²) in [5, 5.41) is 6.02. The zero-order valence-electron chi connectivity index (χ0n) is 20.3. The molecule has 0 aliphatic rings. The summed E-state index contributed by atoms with van der Waals surface area (Å²) in [6, 6.07) is 22.5. The van der Waals surface area contributed by atoms with Crippen molar-refractivity contribution < 1.29 is 13.9 Å². The lowest BCUT2D eigenvalue weighted by Crippen LogP contribution is -2.29. The maximum Gasteiger partial charge on any atom is 0.145 e. The number of fused-ring (bicyclic) bond motifs is 1. The molecule has 1 unspecified atom stereocenters. The standard InChI is InChI=1S/C29H26BrFN4O2/c1-34(15-13-20-2-11-27-22(18-20)12-14-32-27)29(37-17-16-36)26-19-35(25-9-5-23(30)6-10-25)33-28(26)21-3-7-24(31)8-4-21/h2-12,14,16,18-19,29,32H,13,15,17H2,1H3. The first-order valence-corrected chi connectivity index (χ1v) is 12.7. The number of aromatic nitrogens is 3. The number of carbonyl (C=O) groups is 1. The number of hydrogen-bond donors (Lipinski definition) is 1. The van der Waals surface area contributed by atoms with Crippen LogP contribution in [0, 0.1) is 5.82 Å². The van der Waals surface area contributed by atoms with E-state index in [1.165, 1.54) is 23.1 Å². The minimum atomic E-state index is -0.537. The molecule has 1 atom stereocenters. The molecule has 0 aliphatic carbocycles. The van der Waals surface area contributed by atoms with Crippen LogP contribution in [0.15, 0.2) is 89.7 Å². The van der Waals surface area contributed by atoms with Crippen molar-refractivity contribution in [3.63, 3.8) is 0 Å². The van der Waals surface area contributed by atoms with Gasteiger partial charge in [-0.05, 0) is 91.1 Å². The number of benzene rings is 3. The lowest BCUT2D eigenvalue weighted by Gasteiger charge is -2.27. The molecular weight excluding hydrogens is 535 g/mol. The lowest BCUT2D eigenvalue weighted by atomic mass is 10.1. The molecule has 0 bridgehead atoms. The Kier molecular flexibility index (Phi) is 7.60. The molecule has 0 saturated carbocycles. The van der Waals surface area contributed by atoms with Crippen LogP contribution in [0.4, 0.5) is 4.39 Å². The van der Waals surface area contributed by atoms with Gasteiger partial charge in [0.05, 0.1) is 11.4 Å². The highest BCUT2D eigenvalue weighted by molar-refractivity contribution is 9.10. The van der Waals surface area contributed by atoms with Crippen LogP contribution in [0.2, 0.25) is 0 Å². The molecule has 37 heavy (non-hydrogen) atoms. The number of halogens is 2. The Morgan fingerprint density at radius 3 is 2.65 bits per heavy atom. The van der Waals surface area contributed by atoms with Gasteiger partial charge in [-0.15, -0.1) is 0 Å². The van der Waals surface area contributed by atoms with Gasteiger partial charge in [-0.3, -0.25) is 4.90 Å². The fourth-order valence-electron chi connectivity index (χ4n) is 4.39. The number of H-pyrrole nitrogens is 1. The molecule has 5 aromatic rings. The normalized spacial score (nSPS) is 12.3. The number of carbonyl (C=O) groups excluding carboxylic acids is 1. The van der Waals surface area contributed by atoms with Gasteiger partial charge >= 0.3 is 0 Å². The number of nitrogens with zero attached hydrogens (tertiary/aromatic N) is 3. The molecule has 0 amide bonds. The smallest absolute Gasteiger partial charge is 0.145 e. The number of hydrogen-bond acceptors (Lipinski definition) is 4. The maximum atomic E-state index is 13.7. The highest BCUT2D eigenvalue weighted by Gasteiger charge is 2.25. The Morgan fingerprint density at radius 1 is 1.11 bits per heavy atom. The number of likely N-dealkylation sites (N-methyl/N-ethyl adjacent to an activating group) is 1. The molecule has 6 nitrogen and oxygen atoms in total. The Hall–Kier alpha value is -3.59. The van der Waals surface area contributed by atoms with Gasteiger partial charge in [0.2, 0.25) is 0 Å². The van der Waals surface area contributed by atoms with Gasteiger partial charge in [0.15, 0.2) is 0 Å². The Labute approximate surface area is 222 Å². The third-order valence-corrected chi connectivity index (χ3v) is 6.84. The second kappa shape index (κ2) is 11.2. The predicted molar refractivity (Wildman–Crippen MR) is 146 cm³/mol. The topological polar surface area (TPSA) is 63.1 Å². The van der Waals surface area contributed by atoms with E-state index >= 15 is 0 Å². The van der Waals surface area contributed by atoms with E-state index in [1.54, 1.807) is 16.8 Å². The third kappa shape index (κ3) is 5.72. The molecular formula is C29H26BrFN4O2. The van der Waals surface area contributed by atoms with E-state index in [0.29, 0.717) is 12.2 Å². The molecule has 0 spiro atoms. The summed E-state index contributed by atoms with van der Waals surface area (Å²) >= 11 is 3.47. The molecule has 2 heterocycles. The van der Waals surface area contributed by atoms with E-state index in [0.717, 1.165) is 39.5 Å². The summed E-state index contributed by atoms with van der Waals surface area (Å²) in [6.45, 7) is 0.627. The fourth-order valence-corrected chi connectivity index (χ4v) is 4.66. The second-order valence-electron chi connectivity index (χ2n) is 8.84. The van der Waals surface area contributed by atoms with E-state index < -0.39 is 6.23 Å². The largest absolute Gasteiger partial charge is 0.361 e. The minimum absolute atomic E-state index is 0.0589. The highest BCUT2D eigenvalue weighted by Crippen LogP contribution is 2.32. The predicted octanol–water partition coefficient (Wildman–Crippen LogP) is 6.31. The summed E-state index contributed by atoms with van der Waals surface area (Å²) in [5.41, 5.74) is 5.40. The second-order valence-corrected chi connectivity index (χ2v) is 9.76. The Balaban J connectivity index is 1.48. The number of ether oxygens (including phenoxy) is 1. The van der Waals surface area contributed by atoms with Gasteiger partial charge in [0.25, 0.3) is 0 Å². The van der Waals surface area contributed by atoms with Crippen LogP contribution in [0.1, 0.15) is 17.4 Å². The third-order valence-electron chi connectivity index (χ3n) is 6.31. The summed E-state index contributed by atoms with van der Waals surface area (Å²) in [7, 11) is 1.97. The first kappa shape index (κ1) is 25.1. The first-order chi connectivity index (χ1) is 18.0. The van der Waals surface area contributed by atoms with E-state index in [-0.39, 0.29) is 12.4 Å². The molecule has 0 fully saturated rings. The lowest BCUT2D eigenvalue weighted by molar-refractivity contribution is -0.119. The average molecular weight is 561 g/mol. The van der Waals surface area contributed by atoms with Crippen LogP contribution in [-0.4, -0.2) is 46.1 Å². The van der Waals surface area contributed by atoms with E-state index in [4.69, 9.17) is 9.84 Å². The van der Waals surface area contributed by atoms with Crippen LogP contribution in [0.25, 0.3) is 27.8 Å². The number of rotatable bonds is 10. The van der Waals surface area contributed by atoms with Gasteiger partial charge in [0, 0.05) is 40.1 Å². The molecule has 2 aromatic heterocycles. The van der Waals surface area contributed by atoms with Crippen molar-refractivity contribution in [1.29, 1.82) is 0 Å². The highest BCUT2D eigenvalue weighted by atomic mass is 79.9. The van der Waals surface area contributed by atoms with Crippen molar-refractivity contribution >= 4 is 33.1 Å². The van der Waals surface area contributed by atoms with Crippen LogP contribution >= 0.6 is 15.9 Å². The van der Waals surface area contributed by atoms with Crippen molar-refractivity contribution in [3.8, 4) is 16.9 Å². The van der Waals surface area contributed by atoms with Crippen LogP contribution in [0.3, 0.4) is 0 Å². The summed E-state index contributed by atoms with van der Waals surface area (Å²) in [5.74, 6) is -0.317. The molecule has 188 valence electrons. The molecule has 0 aliphatic heterocycles. The van der Waals surface area contributed by atoms with E-state index in [9.17, 15) is 9.18 Å². The van der Waals surface area contributed by atoms with Crippen molar-refractivity contribution in [2.24, 2.45) is 0 Å². The first-order valence-electron chi connectivity index (χ1n) is 11.9. The molecule has 5 rings (SSSR count).